The molecular formula is C67H116O12. The molecule has 0 radical (unpaired) electrons. The summed E-state index contributed by atoms with van der Waals surface area (Å²) < 4.78 is 28.5. The highest BCUT2D eigenvalue weighted by molar-refractivity contribution is 5.74. The number of rotatable bonds is 55. The molecule has 1 rings (SSSR count). The standard InChI is InChI=1S/C67H116O12/c1-4-7-10-13-16-19-22-25-27-29-30-32-33-36-38-41-44-47-50-53-59(68)75-56-58(77-60(69)54-51-48-45-42-39-35-24-21-18-15-12-9-6-3)57-76-67-65(63(72)62(71)64(79-67)66(73)74)78-61(70)55-52-49-46-43-40-37-34-31-28-26-23-20-17-14-11-8-5-2/h7,10,16,19,21,24-25,27,30,32,58,62-65,67,71-72H,4-6,8-9,11-15,17-18,20,22-23,26,28-29,31,33-57H2,1-3H3,(H,73,74)/b10-7-,19-16-,24-21-,27-25-,32-30-. The second-order valence-corrected chi connectivity index (χ2v) is 22.0. The van der Waals surface area contributed by atoms with E-state index in [9.17, 15) is 34.5 Å². The van der Waals surface area contributed by atoms with Crippen molar-refractivity contribution in [3.8, 4) is 0 Å². The molecule has 0 saturated carbocycles. The number of carboxylic acid groups (broad SMARTS) is 1. The monoisotopic (exact) mass is 1110 g/mol. The fourth-order valence-corrected chi connectivity index (χ4v) is 9.65. The Morgan fingerprint density at radius 1 is 0.430 bits per heavy atom. The average Bonchev–Trinajstić information content (AvgIpc) is 3.47. The molecule has 6 unspecified atom stereocenters. The van der Waals surface area contributed by atoms with E-state index in [4.69, 9.17) is 23.7 Å². The third-order valence-corrected chi connectivity index (χ3v) is 14.6. The topological polar surface area (TPSA) is 175 Å². The zero-order valence-corrected chi connectivity index (χ0v) is 50.4. The molecule has 456 valence electrons. The van der Waals surface area contributed by atoms with Crippen LogP contribution >= 0.6 is 0 Å². The lowest BCUT2D eigenvalue weighted by atomic mass is 9.98. The maximum atomic E-state index is 13.2. The van der Waals surface area contributed by atoms with Gasteiger partial charge >= 0.3 is 23.9 Å². The molecule has 0 aliphatic carbocycles. The molecular weight excluding hydrogens is 997 g/mol. The Hall–Kier alpha value is -3.58. The minimum Gasteiger partial charge on any atom is -0.479 e. The van der Waals surface area contributed by atoms with Crippen LogP contribution in [-0.4, -0.2) is 89.2 Å². The molecule has 3 N–H and O–H groups in total. The molecule has 1 fully saturated rings. The molecule has 0 aromatic rings. The van der Waals surface area contributed by atoms with Gasteiger partial charge in [-0.1, -0.05) is 248 Å². The van der Waals surface area contributed by atoms with E-state index >= 15 is 0 Å². The molecule has 0 aromatic carbocycles. The van der Waals surface area contributed by atoms with Crippen LogP contribution in [0.3, 0.4) is 0 Å². The Labute approximate surface area is 481 Å². The normalized spacial score (nSPS) is 18.2. The van der Waals surface area contributed by atoms with Crippen LogP contribution in [0, 0.1) is 0 Å². The second kappa shape index (κ2) is 55.0. The van der Waals surface area contributed by atoms with Gasteiger partial charge in [0.1, 0.15) is 18.8 Å². The number of unbranched alkanes of at least 4 members (excludes halogenated alkanes) is 31. The van der Waals surface area contributed by atoms with Crippen LogP contribution in [0.1, 0.15) is 290 Å². The zero-order chi connectivity index (χ0) is 57.5. The first-order valence-electron chi connectivity index (χ1n) is 32.3. The summed E-state index contributed by atoms with van der Waals surface area (Å²) in [6, 6.07) is 0. The summed E-state index contributed by atoms with van der Waals surface area (Å²) in [5, 5.41) is 31.6. The van der Waals surface area contributed by atoms with Gasteiger partial charge in [-0.25, -0.2) is 4.79 Å². The van der Waals surface area contributed by atoms with E-state index in [0.29, 0.717) is 19.3 Å². The Morgan fingerprint density at radius 2 is 0.797 bits per heavy atom. The summed E-state index contributed by atoms with van der Waals surface area (Å²) >= 11 is 0. The van der Waals surface area contributed by atoms with Gasteiger partial charge in [-0.15, -0.1) is 0 Å². The van der Waals surface area contributed by atoms with Crippen molar-refractivity contribution in [2.45, 2.75) is 327 Å². The number of hydrogen-bond donors (Lipinski definition) is 3. The van der Waals surface area contributed by atoms with Gasteiger partial charge in [-0.2, -0.15) is 0 Å². The lowest BCUT2D eigenvalue weighted by molar-refractivity contribution is -0.301. The number of esters is 3. The van der Waals surface area contributed by atoms with Gasteiger partial charge in [0, 0.05) is 19.3 Å². The summed E-state index contributed by atoms with van der Waals surface area (Å²) in [5.41, 5.74) is 0. The Morgan fingerprint density at radius 3 is 1.24 bits per heavy atom. The van der Waals surface area contributed by atoms with E-state index in [1.54, 1.807) is 0 Å². The van der Waals surface area contributed by atoms with Crippen LogP contribution in [0.2, 0.25) is 0 Å². The highest BCUT2D eigenvalue weighted by Gasteiger charge is 2.50. The second-order valence-electron chi connectivity index (χ2n) is 22.0. The van der Waals surface area contributed by atoms with Crippen molar-refractivity contribution < 1.29 is 58.2 Å². The quantitative estimate of drug-likeness (QED) is 0.0228. The summed E-state index contributed by atoms with van der Waals surface area (Å²) in [7, 11) is 0. The van der Waals surface area contributed by atoms with Crippen molar-refractivity contribution in [3.05, 3.63) is 60.8 Å². The SMILES string of the molecule is CC/C=C\C/C=C\C/C=C\C/C=C\CCCCCCCCC(=O)OCC(COC1OC(C(=O)O)C(O)C(O)C1OC(=O)CCCCCCCCCCCCCCCCCCC)OC(=O)CCCCCCC/C=C\CCCCCC. The molecule has 0 aromatic heterocycles. The fourth-order valence-electron chi connectivity index (χ4n) is 9.65. The molecule has 1 saturated heterocycles. The molecule has 1 aliphatic heterocycles. The number of carbonyl (C=O) groups excluding carboxylic acids is 3. The number of carboxylic acids is 1. The van der Waals surface area contributed by atoms with Crippen molar-refractivity contribution >= 4 is 23.9 Å². The van der Waals surface area contributed by atoms with Gasteiger partial charge in [0.25, 0.3) is 0 Å². The molecule has 1 aliphatic rings. The van der Waals surface area contributed by atoms with E-state index in [-0.39, 0.29) is 25.9 Å². The van der Waals surface area contributed by atoms with Crippen molar-refractivity contribution in [2.24, 2.45) is 0 Å². The predicted molar refractivity (Wildman–Crippen MR) is 322 cm³/mol. The molecule has 12 heteroatoms. The molecule has 12 nitrogen and oxygen atoms in total. The van der Waals surface area contributed by atoms with Crippen molar-refractivity contribution in [3.63, 3.8) is 0 Å². The summed E-state index contributed by atoms with van der Waals surface area (Å²) in [4.78, 5) is 51.3. The summed E-state index contributed by atoms with van der Waals surface area (Å²) in [6.45, 7) is 5.88. The molecule has 0 amide bonds. The predicted octanol–water partition coefficient (Wildman–Crippen LogP) is 17.1. The lowest BCUT2D eigenvalue weighted by Gasteiger charge is -2.40. The first kappa shape index (κ1) is 73.4. The lowest BCUT2D eigenvalue weighted by Crippen LogP contribution is -2.61. The van der Waals surface area contributed by atoms with E-state index in [0.717, 1.165) is 128 Å². The largest absolute Gasteiger partial charge is 0.479 e. The smallest absolute Gasteiger partial charge is 0.335 e. The highest BCUT2D eigenvalue weighted by atomic mass is 16.7. The zero-order valence-electron chi connectivity index (χ0n) is 50.4. The van der Waals surface area contributed by atoms with Crippen molar-refractivity contribution in [1.82, 2.24) is 0 Å². The van der Waals surface area contributed by atoms with Crippen LogP contribution in [0.5, 0.6) is 0 Å². The first-order chi connectivity index (χ1) is 38.6. The van der Waals surface area contributed by atoms with Crippen LogP contribution in [0.25, 0.3) is 0 Å². The Bertz CT molecular complexity index is 1600. The molecule has 1 heterocycles. The number of allylic oxidation sites excluding steroid dienone is 10. The minimum absolute atomic E-state index is 0.0616. The van der Waals surface area contributed by atoms with Gasteiger partial charge in [-0.05, 0) is 83.5 Å². The molecule has 6 atom stereocenters. The summed E-state index contributed by atoms with van der Waals surface area (Å²) in [5.74, 6) is -3.13. The average molecular weight is 1110 g/mol. The third-order valence-electron chi connectivity index (χ3n) is 14.6. The van der Waals surface area contributed by atoms with Crippen LogP contribution in [-0.2, 0) is 42.9 Å². The van der Waals surface area contributed by atoms with Crippen molar-refractivity contribution in [2.75, 3.05) is 13.2 Å². The number of aliphatic carboxylic acids is 1. The maximum Gasteiger partial charge on any atom is 0.335 e. The van der Waals surface area contributed by atoms with E-state index < -0.39 is 67.3 Å². The fraction of sp³-hybridized carbons (Fsp3) is 0.791. The van der Waals surface area contributed by atoms with E-state index in [2.05, 4.69) is 81.5 Å². The molecule has 0 spiro atoms. The number of carbonyl (C=O) groups is 4. The van der Waals surface area contributed by atoms with E-state index in [1.807, 2.05) is 0 Å². The Balaban J connectivity index is 2.65. The molecule has 0 bridgehead atoms. The minimum atomic E-state index is -1.90. The van der Waals surface area contributed by atoms with Crippen LogP contribution in [0.4, 0.5) is 0 Å². The van der Waals surface area contributed by atoms with Gasteiger partial charge in [-0.3, -0.25) is 14.4 Å². The van der Waals surface area contributed by atoms with Crippen LogP contribution < -0.4 is 0 Å². The number of ether oxygens (including phenoxy) is 5. The third kappa shape index (κ3) is 44.7. The van der Waals surface area contributed by atoms with Crippen molar-refractivity contribution in [1.29, 1.82) is 0 Å². The van der Waals surface area contributed by atoms with Gasteiger partial charge < -0.3 is 39.0 Å². The number of aliphatic hydroxyl groups excluding tert-OH is 2. The van der Waals surface area contributed by atoms with Crippen LogP contribution in [0.15, 0.2) is 60.8 Å². The van der Waals surface area contributed by atoms with Gasteiger partial charge in [0.05, 0.1) is 6.61 Å². The summed E-state index contributed by atoms with van der Waals surface area (Å²) in [6.07, 6.45) is 56.1. The van der Waals surface area contributed by atoms with Gasteiger partial charge in [0.15, 0.2) is 24.6 Å². The van der Waals surface area contributed by atoms with E-state index in [1.165, 1.54) is 103 Å². The number of hydrogen-bond acceptors (Lipinski definition) is 11. The maximum absolute atomic E-state index is 13.2. The highest BCUT2D eigenvalue weighted by Crippen LogP contribution is 2.27. The number of aliphatic hydroxyl groups is 2. The van der Waals surface area contributed by atoms with Gasteiger partial charge in [0.2, 0.25) is 0 Å². The molecule has 79 heavy (non-hydrogen) atoms. The first-order valence-corrected chi connectivity index (χ1v) is 32.3. The Kier molecular flexibility index (Phi) is 51.1.